The van der Waals surface area contributed by atoms with E-state index in [1.165, 1.54) is 24.3 Å². The number of hydrogen-bond acceptors (Lipinski definition) is 5. The predicted octanol–water partition coefficient (Wildman–Crippen LogP) is 2.98. The van der Waals surface area contributed by atoms with Crippen molar-refractivity contribution in [3.63, 3.8) is 0 Å². The molecule has 1 fully saturated rings. The molecule has 0 saturated carbocycles. The highest BCUT2D eigenvalue weighted by Crippen LogP contribution is 2.25. The first kappa shape index (κ1) is 21.0. The molecule has 8 heteroatoms. The highest BCUT2D eigenvalue weighted by molar-refractivity contribution is 7.92. The summed E-state index contributed by atoms with van der Waals surface area (Å²) in [5.74, 6) is -0.540. The molecule has 0 aliphatic carbocycles. The largest absolute Gasteiger partial charge is 0.300 e. The van der Waals surface area contributed by atoms with Gasteiger partial charge in [0.2, 0.25) is 11.8 Å². The van der Waals surface area contributed by atoms with Gasteiger partial charge in [0.25, 0.3) is 10.0 Å². The van der Waals surface area contributed by atoms with E-state index in [1.807, 2.05) is 12.1 Å². The fourth-order valence-corrected chi connectivity index (χ4v) is 4.30. The molecule has 1 heterocycles. The number of sulfonamides is 1. The molecular formula is C21H25N3O4S. The van der Waals surface area contributed by atoms with Gasteiger partial charge in [0.05, 0.1) is 10.6 Å². The van der Waals surface area contributed by atoms with Gasteiger partial charge in [0.1, 0.15) is 0 Å². The van der Waals surface area contributed by atoms with Gasteiger partial charge >= 0.3 is 0 Å². The molecule has 3 rings (SSSR count). The maximum Gasteiger partial charge on any atom is 0.261 e. The van der Waals surface area contributed by atoms with E-state index < -0.39 is 10.0 Å². The summed E-state index contributed by atoms with van der Waals surface area (Å²) < 4.78 is 27.9. The molecule has 1 aliphatic heterocycles. The molecule has 2 amide bonds. The minimum absolute atomic E-state index is 0.0626. The molecule has 7 nitrogen and oxygen atoms in total. The van der Waals surface area contributed by atoms with E-state index in [4.69, 9.17) is 0 Å². The highest BCUT2D eigenvalue weighted by atomic mass is 32.2. The summed E-state index contributed by atoms with van der Waals surface area (Å²) in [6.45, 7) is 6.93. The maximum atomic E-state index is 12.7. The van der Waals surface area contributed by atoms with E-state index in [-0.39, 0.29) is 29.6 Å². The molecule has 154 valence electrons. The van der Waals surface area contributed by atoms with Crippen molar-refractivity contribution >= 4 is 33.2 Å². The van der Waals surface area contributed by atoms with Gasteiger partial charge in [-0.1, -0.05) is 26.0 Å². The smallest absolute Gasteiger partial charge is 0.261 e. The van der Waals surface area contributed by atoms with Gasteiger partial charge in [-0.15, -0.1) is 0 Å². The van der Waals surface area contributed by atoms with Crippen LogP contribution in [0.3, 0.4) is 0 Å². The van der Waals surface area contributed by atoms with Gasteiger partial charge in [0, 0.05) is 25.1 Å². The molecule has 0 radical (unpaired) electrons. The Morgan fingerprint density at radius 3 is 1.97 bits per heavy atom. The number of nitrogens with one attached hydrogen (secondary N) is 1. The zero-order valence-electron chi connectivity index (χ0n) is 16.6. The Morgan fingerprint density at radius 1 is 0.897 bits per heavy atom. The molecule has 0 unspecified atom stereocenters. The van der Waals surface area contributed by atoms with Crippen molar-refractivity contribution in [2.24, 2.45) is 0 Å². The van der Waals surface area contributed by atoms with Crippen molar-refractivity contribution in [2.45, 2.75) is 38.1 Å². The van der Waals surface area contributed by atoms with Crippen molar-refractivity contribution in [1.82, 2.24) is 4.90 Å². The summed E-state index contributed by atoms with van der Waals surface area (Å²) in [5, 5.41) is 0. The van der Waals surface area contributed by atoms with E-state index >= 15 is 0 Å². The molecule has 1 N–H and O–H groups in total. The summed E-state index contributed by atoms with van der Waals surface area (Å²) in [6, 6.07) is 13.0. The predicted molar refractivity (Wildman–Crippen MR) is 112 cm³/mol. The molecule has 0 aromatic heterocycles. The van der Waals surface area contributed by atoms with Gasteiger partial charge in [0.15, 0.2) is 0 Å². The molecule has 29 heavy (non-hydrogen) atoms. The van der Waals surface area contributed by atoms with E-state index in [0.717, 1.165) is 30.1 Å². The number of hydrogen-bond donors (Lipinski definition) is 1. The van der Waals surface area contributed by atoms with Crippen molar-refractivity contribution in [3.8, 4) is 0 Å². The topological polar surface area (TPSA) is 86.8 Å². The van der Waals surface area contributed by atoms with E-state index in [0.29, 0.717) is 11.4 Å². The number of rotatable bonds is 8. The summed E-state index contributed by atoms with van der Waals surface area (Å²) in [7, 11) is -3.77. The van der Waals surface area contributed by atoms with Crippen molar-refractivity contribution < 1.29 is 18.0 Å². The van der Waals surface area contributed by atoms with Crippen LogP contribution < -0.4 is 9.62 Å². The second kappa shape index (κ2) is 8.75. The Hall–Kier alpha value is -2.71. The molecule has 1 saturated heterocycles. The number of nitrogens with zero attached hydrogens (tertiary/aromatic N) is 2. The average molecular weight is 416 g/mol. The van der Waals surface area contributed by atoms with Gasteiger partial charge in [-0.2, -0.15) is 0 Å². The van der Waals surface area contributed by atoms with Gasteiger partial charge in [-0.05, 0) is 55.1 Å². The zero-order valence-corrected chi connectivity index (χ0v) is 17.4. The average Bonchev–Trinajstić information content (AvgIpc) is 3.05. The number of amides is 2. The molecule has 0 spiro atoms. The number of carbonyl (C=O) groups is 2. The van der Waals surface area contributed by atoms with Crippen LogP contribution >= 0.6 is 0 Å². The summed E-state index contributed by atoms with van der Waals surface area (Å²) in [6.07, 6.45) is 0.370. The number of benzene rings is 2. The Morgan fingerprint density at radius 2 is 1.45 bits per heavy atom. The Labute approximate surface area is 171 Å². The third-order valence-corrected chi connectivity index (χ3v) is 6.36. The van der Waals surface area contributed by atoms with Crippen LogP contribution in [0.15, 0.2) is 53.4 Å². The van der Waals surface area contributed by atoms with Crippen LogP contribution in [0.1, 0.15) is 32.3 Å². The lowest BCUT2D eigenvalue weighted by molar-refractivity contribution is -0.121. The first-order chi connectivity index (χ1) is 13.8. The second-order valence-electron chi connectivity index (χ2n) is 6.88. The van der Waals surface area contributed by atoms with Crippen LogP contribution in [0.4, 0.5) is 11.4 Å². The van der Waals surface area contributed by atoms with Crippen LogP contribution in [0.25, 0.3) is 0 Å². The van der Waals surface area contributed by atoms with Crippen molar-refractivity contribution in [2.75, 3.05) is 22.7 Å². The van der Waals surface area contributed by atoms with Crippen LogP contribution in [0.5, 0.6) is 0 Å². The number of anilines is 2. The minimum Gasteiger partial charge on any atom is -0.300 e. The number of carbonyl (C=O) groups excluding carboxylic acids is 2. The summed E-state index contributed by atoms with van der Waals surface area (Å²) in [5.41, 5.74) is 1.97. The normalized spacial score (nSPS) is 14.7. The third-order valence-electron chi connectivity index (χ3n) is 4.96. The lowest BCUT2D eigenvalue weighted by Gasteiger charge is -2.18. The third kappa shape index (κ3) is 4.83. The van der Waals surface area contributed by atoms with Crippen molar-refractivity contribution in [3.05, 3.63) is 54.1 Å². The standard InChI is InChI=1S/C21H25N3O4S/c1-3-23(4-2)15-16-5-7-17(8-6-16)22-29(27,28)19-11-9-18(10-12-19)24-20(25)13-14-21(24)26/h5-12,22H,3-4,13-15H2,1-2H3. The highest BCUT2D eigenvalue weighted by Gasteiger charge is 2.30. The van der Waals surface area contributed by atoms with E-state index in [9.17, 15) is 18.0 Å². The fraction of sp³-hybridized carbons (Fsp3) is 0.333. The lowest BCUT2D eigenvalue weighted by atomic mass is 10.2. The Balaban J connectivity index is 1.71. The zero-order chi connectivity index (χ0) is 21.0. The molecule has 0 atom stereocenters. The first-order valence-electron chi connectivity index (χ1n) is 9.64. The van der Waals surface area contributed by atoms with Crippen LogP contribution in [-0.4, -0.2) is 38.2 Å². The lowest BCUT2D eigenvalue weighted by Crippen LogP contribution is -2.28. The van der Waals surface area contributed by atoms with Gasteiger partial charge in [-0.3, -0.25) is 24.1 Å². The summed E-state index contributed by atoms with van der Waals surface area (Å²) in [4.78, 5) is 27.1. The van der Waals surface area contributed by atoms with Gasteiger partial charge < -0.3 is 0 Å². The van der Waals surface area contributed by atoms with E-state index in [2.05, 4.69) is 23.5 Å². The first-order valence-corrected chi connectivity index (χ1v) is 11.1. The Kier molecular flexibility index (Phi) is 6.34. The molecule has 2 aromatic rings. The second-order valence-corrected chi connectivity index (χ2v) is 8.56. The van der Waals surface area contributed by atoms with Gasteiger partial charge in [-0.25, -0.2) is 8.42 Å². The number of imide groups is 1. The molecule has 0 bridgehead atoms. The monoisotopic (exact) mass is 415 g/mol. The fourth-order valence-electron chi connectivity index (χ4n) is 3.24. The molecule has 1 aliphatic rings. The molecular weight excluding hydrogens is 390 g/mol. The maximum absolute atomic E-state index is 12.7. The van der Waals surface area contributed by atoms with Crippen molar-refractivity contribution in [1.29, 1.82) is 0 Å². The quantitative estimate of drug-likeness (QED) is 0.670. The molecule has 2 aromatic carbocycles. The van der Waals surface area contributed by atoms with Crippen LogP contribution in [0.2, 0.25) is 0 Å². The Bertz CT molecular complexity index is 966. The minimum atomic E-state index is -3.77. The summed E-state index contributed by atoms with van der Waals surface area (Å²) >= 11 is 0. The van der Waals surface area contributed by atoms with E-state index in [1.54, 1.807) is 12.1 Å². The van der Waals surface area contributed by atoms with Crippen LogP contribution in [0, 0.1) is 0 Å². The van der Waals surface area contributed by atoms with Crippen LogP contribution in [-0.2, 0) is 26.2 Å². The SMILES string of the molecule is CCN(CC)Cc1ccc(NS(=O)(=O)c2ccc(N3C(=O)CCC3=O)cc2)cc1.